The van der Waals surface area contributed by atoms with Crippen molar-refractivity contribution in [2.24, 2.45) is 5.10 Å². The maximum atomic E-state index is 12.2. The van der Waals surface area contributed by atoms with Crippen molar-refractivity contribution in [1.82, 2.24) is 5.43 Å². The lowest BCUT2D eigenvalue weighted by atomic mass is 10.1. The highest BCUT2D eigenvalue weighted by atomic mass is 16.6. The highest BCUT2D eigenvalue weighted by Crippen LogP contribution is 2.16. The van der Waals surface area contributed by atoms with Crippen LogP contribution in [0.3, 0.4) is 0 Å². The van der Waals surface area contributed by atoms with E-state index in [9.17, 15) is 19.7 Å². The van der Waals surface area contributed by atoms with Gasteiger partial charge in [0.25, 0.3) is 17.5 Å². The lowest BCUT2D eigenvalue weighted by Gasteiger charge is -2.06. The Bertz CT molecular complexity index is 1030. The number of nitrogens with one attached hydrogen (secondary N) is 2. The molecule has 1 aromatic heterocycles. The van der Waals surface area contributed by atoms with E-state index in [1.807, 2.05) is 0 Å². The number of nitro groups is 1. The summed E-state index contributed by atoms with van der Waals surface area (Å²) in [6.07, 6.45) is 2.86. The van der Waals surface area contributed by atoms with Gasteiger partial charge in [-0.1, -0.05) is 6.07 Å². The molecule has 0 fully saturated rings. The minimum atomic E-state index is -0.571. The van der Waals surface area contributed by atoms with Gasteiger partial charge in [0.15, 0.2) is 0 Å². The number of carbonyl (C=O) groups excluding carboxylic acids is 2. The Morgan fingerprint density at radius 2 is 1.79 bits per heavy atom. The van der Waals surface area contributed by atoms with Crippen molar-refractivity contribution in [3.05, 3.63) is 93.9 Å². The van der Waals surface area contributed by atoms with Crippen LogP contribution in [0.2, 0.25) is 0 Å². The van der Waals surface area contributed by atoms with Crippen molar-refractivity contribution < 1.29 is 18.9 Å². The summed E-state index contributed by atoms with van der Waals surface area (Å²) in [5, 5.41) is 17.2. The largest absolute Gasteiger partial charge is 0.463 e. The fraction of sp³-hybridized carbons (Fsp3) is 0. The SMILES string of the molecule is O=C(N/N=C/c1ccco1)c1ccc(NC(=O)c2cccc([N+](=O)[O-])c2)cc1. The summed E-state index contributed by atoms with van der Waals surface area (Å²) < 4.78 is 5.05. The van der Waals surface area contributed by atoms with Gasteiger partial charge in [0.1, 0.15) is 5.76 Å². The summed E-state index contributed by atoms with van der Waals surface area (Å²) in [5.41, 5.74) is 3.12. The highest BCUT2D eigenvalue weighted by molar-refractivity contribution is 6.05. The number of nitrogens with zero attached hydrogens (tertiary/aromatic N) is 2. The summed E-state index contributed by atoms with van der Waals surface area (Å²) in [6, 6.07) is 14.9. The van der Waals surface area contributed by atoms with Gasteiger partial charge in [-0.2, -0.15) is 5.10 Å². The first-order valence-corrected chi connectivity index (χ1v) is 8.06. The number of hydrogen-bond donors (Lipinski definition) is 2. The van der Waals surface area contributed by atoms with Crippen LogP contribution < -0.4 is 10.7 Å². The monoisotopic (exact) mass is 378 g/mol. The van der Waals surface area contributed by atoms with E-state index in [0.717, 1.165) is 0 Å². The second-order valence-corrected chi connectivity index (χ2v) is 5.55. The molecular weight excluding hydrogens is 364 g/mol. The standard InChI is InChI=1S/C19H14N4O5/c24-18(14-3-1-4-16(11-14)23(26)27)21-15-8-6-13(7-9-15)19(25)22-20-12-17-5-2-10-28-17/h1-12H,(H,21,24)(H,22,25)/b20-12+. The molecule has 1 heterocycles. The first kappa shape index (κ1) is 18.5. The Kier molecular flexibility index (Phi) is 5.56. The number of non-ortho nitro benzene ring substituents is 1. The fourth-order valence-corrected chi connectivity index (χ4v) is 2.25. The molecule has 0 spiro atoms. The van der Waals surface area contributed by atoms with E-state index in [0.29, 0.717) is 17.0 Å². The number of rotatable bonds is 6. The third-order valence-electron chi connectivity index (χ3n) is 3.63. The van der Waals surface area contributed by atoms with Crippen LogP contribution in [0.1, 0.15) is 26.5 Å². The van der Waals surface area contributed by atoms with Gasteiger partial charge in [0.2, 0.25) is 0 Å². The van der Waals surface area contributed by atoms with Crippen LogP contribution in [-0.4, -0.2) is 23.0 Å². The second kappa shape index (κ2) is 8.41. The second-order valence-electron chi connectivity index (χ2n) is 5.55. The van der Waals surface area contributed by atoms with E-state index in [2.05, 4.69) is 15.8 Å². The van der Waals surface area contributed by atoms with Crippen molar-refractivity contribution in [1.29, 1.82) is 0 Å². The van der Waals surface area contributed by atoms with Crippen molar-refractivity contribution in [2.45, 2.75) is 0 Å². The van der Waals surface area contributed by atoms with Crippen molar-refractivity contribution in [3.63, 3.8) is 0 Å². The van der Waals surface area contributed by atoms with Crippen LogP contribution in [-0.2, 0) is 0 Å². The minimum absolute atomic E-state index is 0.156. The number of benzene rings is 2. The molecule has 0 aliphatic carbocycles. The molecule has 3 aromatic rings. The molecule has 0 saturated heterocycles. The van der Waals surface area contributed by atoms with Gasteiger partial charge in [0.05, 0.1) is 17.4 Å². The highest BCUT2D eigenvalue weighted by Gasteiger charge is 2.12. The zero-order chi connectivity index (χ0) is 19.9. The molecule has 0 saturated carbocycles. The normalized spacial score (nSPS) is 10.6. The third kappa shape index (κ3) is 4.67. The van der Waals surface area contributed by atoms with E-state index in [4.69, 9.17) is 4.42 Å². The number of hydrazone groups is 1. The van der Waals surface area contributed by atoms with Crippen LogP contribution in [0.15, 0.2) is 76.4 Å². The summed E-state index contributed by atoms with van der Waals surface area (Å²) in [6.45, 7) is 0. The van der Waals surface area contributed by atoms with Crippen LogP contribution in [0, 0.1) is 10.1 Å². The Hall–Kier alpha value is -4.27. The first-order valence-electron chi connectivity index (χ1n) is 8.06. The van der Waals surface area contributed by atoms with E-state index < -0.39 is 16.7 Å². The molecule has 2 amide bonds. The van der Waals surface area contributed by atoms with Gasteiger partial charge in [-0.25, -0.2) is 5.43 Å². The smallest absolute Gasteiger partial charge is 0.271 e. The molecule has 9 nitrogen and oxygen atoms in total. The van der Waals surface area contributed by atoms with Gasteiger partial charge >= 0.3 is 0 Å². The average Bonchev–Trinajstić information content (AvgIpc) is 3.22. The van der Waals surface area contributed by atoms with Gasteiger partial charge < -0.3 is 9.73 Å². The van der Waals surface area contributed by atoms with Crippen molar-refractivity contribution >= 4 is 29.4 Å². The summed E-state index contributed by atoms with van der Waals surface area (Å²) >= 11 is 0. The summed E-state index contributed by atoms with van der Waals surface area (Å²) in [4.78, 5) is 34.5. The number of furan rings is 1. The Labute approximate surface area is 158 Å². The van der Waals surface area contributed by atoms with Crippen molar-refractivity contribution in [3.8, 4) is 0 Å². The topological polar surface area (TPSA) is 127 Å². The van der Waals surface area contributed by atoms with E-state index >= 15 is 0 Å². The molecule has 9 heteroatoms. The lowest BCUT2D eigenvalue weighted by Crippen LogP contribution is -2.17. The van der Waals surface area contributed by atoms with Crippen LogP contribution in [0.4, 0.5) is 11.4 Å². The molecule has 0 aliphatic rings. The quantitative estimate of drug-likeness (QED) is 0.387. The Morgan fingerprint density at radius 1 is 1.00 bits per heavy atom. The number of anilines is 1. The molecule has 0 bridgehead atoms. The minimum Gasteiger partial charge on any atom is -0.463 e. The molecule has 3 rings (SSSR count). The molecule has 140 valence electrons. The summed E-state index contributed by atoms with van der Waals surface area (Å²) in [7, 11) is 0. The van der Waals surface area contributed by atoms with Crippen LogP contribution in [0.25, 0.3) is 0 Å². The molecule has 0 aliphatic heterocycles. The molecular formula is C19H14N4O5. The third-order valence-corrected chi connectivity index (χ3v) is 3.63. The van der Waals surface area contributed by atoms with Crippen LogP contribution >= 0.6 is 0 Å². The molecule has 28 heavy (non-hydrogen) atoms. The van der Waals surface area contributed by atoms with E-state index in [1.165, 1.54) is 48.9 Å². The van der Waals surface area contributed by atoms with E-state index in [1.54, 1.807) is 24.3 Å². The summed E-state index contributed by atoms with van der Waals surface area (Å²) in [5.74, 6) is -0.428. The van der Waals surface area contributed by atoms with Crippen LogP contribution in [0.5, 0.6) is 0 Å². The predicted octanol–water partition coefficient (Wildman–Crippen LogP) is 3.20. The Morgan fingerprint density at radius 3 is 2.46 bits per heavy atom. The Balaban J connectivity index is 1.60. The maximum absolute atomic E-state index is 12.2. The predicted molar refractivity (Wildman–Crippen MR) is 101 cm³/mol. The zero-order valence-electron chi connectivity index (χ0n) is 14.4. The molecule has 2 N–H and O–H groups in total. The lowest BCUT2D eigenvalue weighted by molar-refractivity contribution is -0.384. The molecule has 0 radical (unpaired) electrons. The average molecular weight is 378 g/mol. The van der Waals surface area contributed by atoms with Gasteiger partial charge in [0, 0.05) is 28.9 Å². The van der Waals surface area contributed by atoms with Gasteiger partial charge in [-0.3, -0.25) is 19.7 Å². The van der Waals surface area contributed by atoms with Crippen molar-refractivity contribution in [2.75, 3.05) is 5.32 Å². The number of hydrogen-bond acceptors (Lipinski definition) is 6. The first-order chi connectivity index (χ1) is 13.5. The number of carbonyl (C=O) groups is 2. The van der Waals surface area contributed by atoms with Gasteiger partial charge in [-0.05, 0) is 42.5 Å². The number of amides is 2. The fourth-order valence-electron chi connectivity index (χ4n) is 2.25. The van der Waals surface area contributed by atoms with E-state index in [-0.39, 0.29) is 11.3 Å². The van der Waals surface area contributed by atoms with Gasteiger partial charge in [-0.15, -0.1) is 0 Å². The molecule has 0 unspecified atom stereocenters. The molecule has 0 atom stereocenters. The maximum Gasteiger partial charge on any atom is 0.271 e. The molecule has 2 aromatic carbocycles. The zero-order valence-corrected chi connectivity index (χ0v) is 14.4. The number of nitro benzene ring substituents is 1.